The Kier molecular flexibility index (Phi) is 4.41. The van der Waals surface area contributed by atoms with Gasteiger partial charge in [0.05, 0.1) is 12.8 Å². The monoisotopic (exact) mass is 337 g/mol. The lowest BCUT2D eigenvalue weighted by Gasteiger charge is -2.14. The van der Waals surface area contributed by atoms with Crippen LogP contribution in [0.3, 0.4) is 0 Å². The first-order valence-corrected chi connectivity index (χ1v) is 6.77. The average molecular weight is 338 g/mol. The summed E-state index contributed by atoms with van der Waals surface area (Å²) < 4.78 is 6.13. The smallest absolute Gasteiger partial charge is 0.148 e. The fraction of sp³-hybridized carbons (Fsp3) is 0.231. The summed E-state index contributed by atoms with van der Waals surface area (Å²) in [5, 5.41) is 3.26. The third kappa shape index (κ3) is 3.00. The normalized spacial score (nSPS) is 10.2. The van der Waals surface area contributed by atoms with Gasteiger partial charge in [-0.3, -0.25) is 0 Å². The summed E-state index contributed by atoms with van der Waals surface area (Å²) in [7, 11) is 1.63. The number of benzene rings is 1. The summed E-state index contributed by atoms with van der Waals surface area (Å²) in [6, 6.07) is 5.67. The SMILES string of the molecule is COc1ccc(Br)c(Nc2nc(C)nc(NN)c2C)c1. The third-order valence-corrected chi connectivity index (χ3v) is 3.51. The molecule has 0 aliphatic heterocycles. The predicted molar refractivity (Wildman–Crippen MR) is 83.3 cm³/mol. The highest BCUT2D eigenvalue weighted by atomic mass is 79.9. The summed E-state index contributed by atoms with van der Waals surface area (Å²) in [4.78, 5) is 8.62. The van der Waals surface area contributed by atoms with Crippen LogP contribution in [0.5, 0.6) is 5.75 Å². The van der Waals surface area contributed by atoms with Crippen molar-refractivity contribution in [3.8, 4) is 5.75 Å². The zero-order valence-corrected chi connectivity index (χ0v) is 13.1. The highest BCUT2D eigenvalue weighted by Gasteiger charge is 2.10. The molecule has 20 heavy (non-hydrogen) atoms. The van der Waals surface area contributed by atoms with Crippen molar-refractivity contribution in [1.82, 2.24) is 9.97 Å². The van der Waals surface area contributed by atoms with E-state index in [1.807, 2.05) is 32.0 Å². The minimum atomic E-state index is 0.596. The number of hydrogen-bond acceptors (Lipinski definition) is 6. The van der Waals surface area contributed by atoms with Gasteiger partial charge in [-0.05, 0) is 41.9 Å². The van der Waals surface area contributed by atoms with E-state index in [1.165, 1.54) is 0 Å². The highest BCUT2D eigenvalue weighted by molar-refractivity contribution is 9.10. The fourth-order valence-electron chi connectivity index (χ4n) is 1.75. The van der Waals surface area contributed by atoms with Gasteiger partial charge in [0.1, 0.15) is 23.2 Å². The van der Waals surface area contributed by atoms with Crippen molar-refractivity contribution in [3.05, 3.63) is 34.1 Å². The van der Waals surface area contributed by atoms with Gasteiger partial charge < -0.3 is 15.5 Å². The quantitative estimate of drug-likeness (QED) is 0.587. The van der Waals surface area contributed by atoms with E-state index in [4.69, 9.17) is 10.6 Å². The molecule has 106 valence electrons. The largest absolute Gasteiger partial charge is 0.497 e. The van der Waals surface area contributed by atoms with E-state index < -0.39 is 0 Å². The number of methoxy groups -OCH3 is 1. The average Bonchev–Trinajstić information content (AvgIpc) is 2.44. The number of ether oxygens (including phenoxy) is 1. The number of nitrogens with one attached hydrogen (secondary N) is 2. The Morgan fingerprint density at radius 1 is 1.20 bits per heavy atom. The van der Waals surface area contributed by atoms with Crippen molar-refractivity contribution in [2.45, 2.75) is 13.8 Å². The molecule has 2 rings (SSSR count). The molecule has 0 fully saturated rings. The first-order chi connectivity index (χ1) is 9.55. The van der Waals surface area contributed by atoms with Gasteiger partial charge in [-0.2, -0.15) is 0 Å². The molecule has 0 aliphatic rings. The van der Waals surface area contributed by atoms with Crippen LogP contribution in [0.15, 0.2) is 22.7 Å². The van der Waals surface area contributed by atoms with Crippen LogP contribution < -0.4 is 21.3 Å². The van der Waals surface area contributed by atoms with Crippen LogP contribution in [-0.2, 0) is 0 Å². The summed E-state index contributed by atoms with van der Waals surface area (Å²) in [5.74, 6) is 8.14. The van der Waals surface area contributed by atoms with Crippen LogP contribution >= 0.6 is 15.9 Å². The van der Waals surface area contributed by atoms with Gasteiger partial charge in [-0.1, -0.05) is 0 Å². The molecule has 2 aromatic rings. The number of aromatic nitrogens is 2. The molecule has 0 unspecified atom stereocenters. The Morgan fingerprint density at radius 2 is 1.90 bits per heavy atom. The van der Waals surface area contributed by atoms with Gasteiger partial charge >= 0.3 is 0 Å². The second kappa shape index (κ2) is 6.06. The van der Waals surface area contributed by atoms with Crippen LogP contribution in [0.2, 0.25) is 0 Å². The van der Waals surface area contributed by atoms with Gasteiger partial charge in [0, 0.05) is 16.1 Å². The summed E-state index contributed by atoms with van der Waals surface area (Å²) in [5.41, 5.74) is 4.27. The zero-order chi connectivity index (χ0) is 14.7. The Morgan fingerprint density at radius 3 is 2.55 bits per heavy atom. The van der Waals surface area contributed by atoms with Crippen molar-refractivity contribution in [1.29, 1.82) is 0 Å². The van der Waals surface area contributed by atoms with E-state index in [9.17, 15) is 0 Å². The summed E-state index contributed by atoms with van der Waals surface area (Å²) in [6.45, 7) is 3.71. The number of hydrazine groups is 1. The maximum atomic E-state index is 5.46. The zero-order valence-electron chi connectivity index (χ0n) is 11.5. The Hall–Kier alpha value is -1.86. The summed E-state index contributed by atoms with van der Waals surface area (Å²) >= 11 is 3.49. The molecule has 0 spiro atoms. The standard InChI is InChI=1S/C13H16BrN5O/c1-7-12(16-8(2)17-13(7)19-15)18-11-6-9(20-3)4-5-10(11)14/h4-6H,15H2,1-3H3,(H2,16,17,18,19). The second-order valence-electron chi connectivity index (χ2n) is 4.21. The van der Waals surface area contributed by atoms with Crippen molar-refractivity contribution in [2.75, 3.05) is 17.9 Å². The van der Waals surface area contributed by atoms with Crippen molar-refractivity contribution < 1.29 is 4.74 Å². The summed E-state index contributed by atoms with van der Waals surface area (Å²) in [6.07, 6.45) is 0. The van der Waals surface area contributed by atoms with Crippen LogP contribution in [0.4, 0.5) is 17.3 Å². The van der Waals surface area contributed by atoms with E-state index in [0.29, 0.717) is 17.5 Å². The number of nitrogen functional groups attached to an aromatic ring is 1. The van der Waals surface area contributed by atoms with Gasteiger partial charge in [0.15, 0.2) is 0 Å². The van der Waals surface area contributed by atoms with Gasteiger partial charge in [0.25, 0.3) is 0 Å². The number of nitrogens with two attached hydrogens (primary N) is 1. The Balaban J connectivity index is 2.42. The minimum Gasteiger partial charge on any atom is -0.497 e. The molecule has 0 atom stereocenters. The van der Waals surface area contributed by atoms with Crippen molar-refractivity contribution >= 4 is 33.3 Å². The molecule has 0 bridgehead atoms. The number of rotatable bonds is 4. The number of hydrogen-bond donors (Lipinski definition) is 3. The van der Waals surface area contributed by atoms with Gasteiger partial charge in [-0.25, -0.2) is 15.8 Å². The number of nitrogens with zero attached hydrogens (tertiary/aromatic N) is 2. The van der Waals surface area contributed by atoms with Crippen molar-refractivity contribution in [3.63, 3.8) is 0 Å². The molecular weight excluding hydrogens is 322 g/mol. The van der Waals surface area contributed by atoms with Gasteiger partial charge in [-0.15, -0.1) is 0 Å². The highest BCUT2D eigenvalue weighted by Crippen LogP contribution is 2.31. The topological polar surface area (TPSA) is 85.1 Å². The molecule has 0 radical (unpaired) electrons. The molecule has 7 heteroatoms. The van der Waals surface area contributed by atoms with E-state index in [-0.39, 0.29) is 0 Å². The molecule has 6 nitrogen and oxygen atoms in total. The molecule has 1 heterocycles. The maximum Gasteiger partial charge on any atom is 0.148 e. The number of aryl methyl sites for hydroxylation is 1. The molecule has 0 saturated heterocycles. The van der Waals surface area contributed by atoms with Crippen LogP contribution in [-0.4, -0.2) is 17.1 Å². The fourth-order valence-corrected chi connectivity index (χ4v) is 2.09. The first-order valence-electron chi connectivity index (χ1n) is 5.97. The van der Waals surface area contributed by atoms with Crippen LogP contribution in [0.1, 0.15) is 11.4 Å². The van der Waals surface area contributed by atoms with E-state index >= 15 is 0 Å². The Bertz CT molecular complexity index is 632. The van der Waals surface area contributed by atoms with Crippen molar-refractivity contribution in [2.24, 2.45) is 5.84 Å². The van der Waals surface area contributed by atoms with E-state index in [0.717, 1.165) is 21.5 Å². The minimum absolute atomic E-state index is 0.596. The van der Waals surface area contributed by atoms with Crippen LogP contribution in [0.25, 0.3) is 0 Å². The lowest BCUT2D eigenvalue weighted by atomic mass is 10.2. The molecule has 1 aromatic heterocycles. The number of halogens is 1. The predicted octanol–water partition coefficient (Wildman–Crippen LogP) is 2.89. The molecule has 0 aliphatic carbocycles. The second-order valence-corrected chi connectivity index (χ2v) is 5.06. The lowest BCUT2D eigenvalue weighted by Crippen LogP contribution is -2.13. The molecule has 0 amide bonds. The Labute approximate surface area is 125 Å². The van der Waals surface area contributed by atoms with E-state index in [2.05, 4.69) is 36.6 Å². The maximum absolute atomic E-state index is 5.46. The molecule has 1 aromatic carbocycles. The molecular formula is C13H16BrN5O. The van der Waals surface area contributed by atoms with Crippen LogP contribution in [0, 0.1) is 13.8 Å². The molecule has 0 saturated carbocycles. The van der Waals surface area contributed by atoms with E-state index in [1.54, 1.807) is 7.11 Å². The molecule has 4 N–H and O–H groups in total. The number of anilines is 3. The first kappa shape index (κ1) is 14.5. The lowest BCUT2D eigenvalue weighted by molar-refractivity contribution is 0.415. The third-order valence-electron chi connectivity index (χ3n) is 2.82. The van der Waals surface area contributed by atoms with Gasteiger partial charge in [0.2, 0.25) is 0 Å².